The van der Waals surface area contributed by atoms with Gasteiger partial charge in [0.25, 0.3) is 5.56 Å². The molecule has 0 fully saturated rings. The van der Waals surface area contributed by atoms with Crippen LogP contribution >= 0.6 is 0 Å². The van der Waals surface area contributed by atoms with E-state index in [1.807, 2.05) is 18.2 Å². The van der Waals surface area contributed by atoms with Crippen molar-refractivity contribution >= 4 is 28.8 Å². The molecule has 11 nitrogen and oxygen atoms in total. The number of hydrogen-bond donors (Lipinski definition) is 0. The zero-order chi connectivity index (χ0) is 26.5. The number of esters is 1. The number of para-hydroxylation sites is 1. The molecule has 1 aromatic heterocycles. The average molecular weight is 502 g/mol. The van der Waals surface area contributed by atoms with Crippen LogP contribution in [0.25, 0.3) is 22.3 Å². The van der Waals surface area contributed by atoms with Gasteiger partial charge in [0.2, 0.25) is 5.75 Å². The summed E-state index contributed by atoms with van der Waals surface area (Å²) < 4.78 is 16.5. The summed E-state index contributed by atoms with van der Waals surface area (Å²) in [6.07, 6.45) is 0.167. The van der Waals surface area contributed by atoms with Gasteiger partial charge in [-0.15, -0.1) is 0 Å². The minimum absolute atomic E-state index is 0.00123. The number of fused-ring (bicyclic) bond motifs is 1. The minimum Gasteiger partial charge on any atom is -0.493 e. The molecule has 0 amide bonds. The van der Waals surface area contributed by atoms with E-state index in [1.54, 1.807) is 36.4 Å². The fourth-order valence-electron chi connectivity index (χ4n) is 3.61. The molecule has 0 aliphatic heterocycles. The molecule has 188 valence electrons. The lowest BCUT2D eigenvalue weighted by molar-refractivity contribution is -0.386. The van der Waals surface area contributed by atoms with E-state index < -0.39 is 28.2 Å². The Balaban J connectivity index is 1.84. The standard InChI is InChI=1S/C26H22N4O7/c1-16(26(32)36-3)37-23-21(30(33)34)13-17(14-22(23)35-2)15-27-29-24(18-9-5-4-6-10-18)28-20-12-8-7-11-19(20)25(29)31/h4-16H,1-3H3/t16-/m0/s1. The zero-order valence-corrected chi connectivity index (χ0v) is 20.2. The smallest absolute Gasteiger partial charge is 0.346 e. The summed E-state index contributed by atoms with van der Waals surface area (Å²) in [7, 11) is 2.49. The molecule has 0 aliphatic carbocycles. The lowest BCUT2D eigenvalue weighted by atomic mass is 10.1. The predicted octanol–water partition coefficient (Wildman–Crippen LogP) is 3.80. The fraction of sp³-hybridized carbons (Fsp3) is 0.154. The largest absolute Gasteiger partial charge is 0.493 e. The first-order valence-corrected chi connectivity index (χ1v) is 11.1. The van der Waals surface area contributed by atoms with Gasteiger partial charge in [-0.05, 0) is 25.1 Å². The lowest BCUT2D eigenvalue weighted by Crippen LogP contribution is -2.25. The van der Waals surface area contributed by atoms with Crippen molar-refractivity contribution in [2.45, 2.75) is 13.0 Å². The summed E-state index contributed by atoms with van der Waals surface area (Å²) >= 11 is 0. The van der Waals surface area contributed by atoms with E-state index in [2.05, 4.69) is 14.8 Å². The average Bonchev–Trinajstić information content (AvgIpc) is 2.92. The molecule has 3 aromatic carbocycles. The third-order valence-corrected chi connectivity index (χ3v) is 5.41. The fourth-order valence-corrected chi connectivity index (χ4v) is 3.61. The first kappa shape index (κ1) is 25.0. The molecular formula is C26H22N4O7. The normalized spacial score (nSPS) is 11.9. The highest BCUT2D eigenvalue weighted by Crippen LogP contribution is 2.38. The number of nitro groups is 1. The highest BCUT2D eigenvalue weighted by molar-refractivity contribution is 5.84. The van der Waals surface area contributed by atoms with E-state index in [-0.39, 0.29) is 17.1 Å². The third-order valence-electron chi connectivity index (χ3n) is 5.41. The minimum atomic E-state index is -1.12. The molecular weight excluding hydrogens is 480 g/mol. The van der Waals surface area contributed by atoms with Gasteiger partial charge in [0.1, 0.15) is 0 Å². The van der Waals surface area contributed by atoms with Crippen molar-refractivity contribution in [2.24, 2.45) is 5.10 Å². The Morgan fingerprint density at radius 1 is 1.11 bits per heavy atom. The molecule has 0 unspecified atom stereocenters. The third kappa shape index (κ3) is 5.15. The zero-order valence-electron chi connectivity index (χ0n) is 20.2. The number of carbonyl (C=O) groups excluding carboxylic acids is 1. The van der Waals surface area contributed by atoms with Gasteiger partial charge in [-0.2, -0.15) is 9.78 Å². The summed E-state index contributed by atoms with van der Waals surface area (Å²) in [6, 6.07) is 18.6. The van der Waals surface area contributed by atoms with Crippen molar-refractivity contribution in [3.8, 4) is 22.9 Å². The van der Waals surface area contributed by atoms with Gasteiger partial charge in [0.05, 0.1) is 36.3 Å². The molecule has 0 radical (unpaired) electrons. The number of benzene rings is 3. The summed E-state index contributed by atoms with van der Waals surface area (Å²) in [4.78, 5) is 40.9. The maximum atomic E-state index is 13.3. The monoisotopic (exact) mass is 502 g/mol. The van der Waals surface area contributed by atoms with Crippen molar-refractivity contribution in [3.05, 3.63) is 92.8 Å². The van der Waals surface area contributed by atoms with Crippen molar-refractivity contribution in [3.63, 3.8) is 0 Å². The highest BCUT2D eigenvalue weighted by atomic mass is 16.6. The SMILES string of the molecule is COC(=O)[C@H](C)Oc1c(OC)cc(C=Nn2c(-c3ccccc3)nc3ccccc3c2=O)cc1[N+](=O)[O-]. The Bertz CT molecular complexity index is 1560. The van der Waals surface area contributed by atoms with E-state index in [0.29, 0.717) is 22.3 Å². The topological polar surface area (TPSA) is 135 Å². The van der Waals surface area contributed by atoms with Crippen LogP contribution in [0.3, 0.4) is 0 Å². The van der Waals surface area contributed by atoms with Gasteiger partial charge in [-0.1, -0.05) is 42.5 Å². The molecule has 1 atom stereocenters. The molecule has 4 rings (SSSR count). The van der Waals surface area contributed by atoms with Crippen LogP contribution in [-0.4, -0.2) is 47.1 Å². The molecule has 0 N–H and O–H groups in total. The first-order chi connectivity index (χ1) is 17.8. The van der Waals surface area contributed by atoms with E-state index >= 15 is 0 Å². The van der Waals surface area contributed by atoms with Gasteiger partial charge in [-0.3, -0.25) is 14.9 Å². The van der Waals surface area contributed by atoms with Gasteiger partial charge in [0, 0.05) is 17.2 Å². The number of nitro benzene ring substituents is 1. The molecule has 4 aromatic rings. The number of rotatable bonds is 8. The predicted molar refractivity (Wildman–Crippen MR) is 136 cm³/mol. The summed E-state index contributed by atoms with van der Waals surface area (Å²) in [5.41, 5.74) is 0.557. The molecule has 0 saturated heterocycles. The highest BCUT2D eigenvalue weighted by Gasteiger charge is 2.26. The van der Waals surface area contributed by atoms with Crippen LogP contribution < -0.4 is 15.0 Å². The van der Waals surface area contributed by atoms with Crippen molar-refractivity contribution in [1.82, 2.24) is 9.66 Å². The Morgan fingerprint density at radius 3 is 2.49 bits per heavy atom. The molecule has 0 saturated carbocycles. The van der Waals surface area contributed by atoms with Crippen LogP contribution in [0.1, 0.15) is 12.5 Å². The van der Waals surface area contributed by atoms with E-state index in [4.69, 9.17) is 9.47 Å². The maximum Gasteiger partial charge on any atom is 0.346 e. The van der Waals surface area contributed by atoms with Gasteiger partial charge in [-0.25, -0.2) is 9.78 Å². The lowest BCUT2D eigenvalue weighted by Gasteiger charge is -2.15. The van der Waals surface area contributed by atoms with Crippen molar-refractivity contribution < 1.29 is 23.9 Å². The molecule has 1 heterocycles. The van der Waals surface area contributed by atoms with Crippen LogP contribution in [0.2, 0.25) is 0 Å². The number of nitrogens with zero attached hydrogens (tertiary/aromatic N) is 4. The molecule has 11 heteroatoms. The summed E-state index contributed by atoms with van der Waals surface area (Å²) in [5, 5.41) is 16.5. The van der Waals surface area contributed by atoms with Crippen LogP contribution in [-0.2, 0) is 9.53 Å². The van der Waals surface area contributed by atoms with Crippen LogP contribution in [0, 0.1) is 10.1 Å². The Morgan fingerprint density at radius 2 is 1.81 bits per heavy atom. The summed E-state index contributed by atoms with van der Waals surface area (Å²) in [6.45, 7) is 1.40. The Kier molecular flexibility index (Phi) is 7.23. The number of ether oxygens (including phenoxy) is 3. The molecule has 0 aliphatic rings. The number of hydrogen-bond acceptors (Lipinski definition) is 9. The number of carbonyl (C=O) groups is 1. The van der Waals surface area contributed by atoms with Crippen LogP contribution in [0.5, 0.6) is 11.5 Å². The Labute approximate surface area is 210 Å². The first-order valence-electron chi connectivity index (χ1n) is 11.1. The van der Waals surface area contributed by atoms with E-state index in [1.165, 1.54) is 39.5 Å². The van der Waals surface area contributed by atoms with Gasteiger partial charge >= 0.3 is 11.7 Å². The number of aromatic nitrogens is 2. The second-order valence-electron chi connectivity index (χ2n) is 7.79. The van der Waals surface area contributed by atoms with E-state index in [9.17, 15) is 19.7 Å². The van der Waals surface area contributed by atoms with Crippen LogP contribution in [0.15, 0.2) is 76.6 Å². The molecule has 0 bridgehead atoms. The maximum absolute atomic E-state index is 13.3. The number of methoxy groups -OCH3 is 2. The van der Waals surface area contributed by atoms with E-state index in [0.717, 1.165) is 4.68 Å². The van der Waals surface area contributed by atoms with Crippen LogP contribution in [0.4, 0.5) is 5.69 Å². The molecule has 37 heavy (non-hydrogen) atoms. The van der Waals surface area contributed by atoms with Gasteiger partial charge < -0.3 is 14.2 Å². The molecule has 0 spiro atoms. The summed E-state index contributed by atoms with van der Waals surface area (Å²) in [5.74, 6) is -0.650. The van der Waals surface area contributed by atoms with Gasteiger partial charge in [0.15, 0.2) is 17.7 Å². The Hall–Kier alpha value is -5.06. The quantitative estimate of drug-likeness (QED) is 0.154. The van der Waals surface area contributed by atoms with Crippen molar-refractivity contribution in [2.75, 3.05) is 14.2 Å². The van der Waals surface area contributed by atoms with Crippen molar-refractivity contribution in [1.29, 1.82) is 0 Å². The second kappa shape index (κ2) is 10.7. The second-order valence-corrected chi connectivity index (χ2v) is 7.79.